The van der Waals surface area contributed by atoms with Crippen molar-refractivity contribution in [2.75, 3.05) is 13.3 Å². The van der Waals surface area contributed by atoms with Crippen molar-refractivity contribution >= 4 is 7.92 Å². The minimum absolute atomic E-state index is 0.148. The van der Waals surface area contributed by atoms with Gasteiger partial charge in [-0.1, -0.05) is 118 Å². The zero-order valence-corrected chi connectivity index (χ0v) is 27.4. The van der Waals surface area contributed by atoms with Crippen LogP contribution in [0.25, 0.3) is 0 Å². The quantitative estimate of drug-likeness (QED) is 0.0852. The fourth-order valence-corrected chi connectivity index (χ4v) is 5.15. The minimum Gasteiger partial charge on any atom is -0.403 e. The highest BCUT2D eigenvalue weighted by Crippen LogP contribution is 2.43. The van der Waals surface area contributed by atoms with E-state index in [9.17, 15) is 0 Å². The summed E-state index contributed by atoms with van der Waals surface area (Å²) >= 11 is 0. The van der Waals surface area contributed by atoms with E-state index in [1.54, 1.807) is 13.1 Å². The smallest absolute Gasteiger partial charge is 0.0519 e. The zero-order valence-electron chi connectivity index (χ0n) is 26.5. The molecule has 0 fully saturated rings. The van der Waals surface area contributed by atoms with E-state index in [1.807, 2.05) is 37.4 Å². The molecule has 3 aromatic rings. The van der Waals surface area contributed by atoms with Gasteiger partial charge in [0.1, 0.15) is 0 Å². The van der Waals surface area contributed by atoms with E-state index in [1.165, 1.54) is 22.3 Å². The van der Waals surface area contributed by atoms with Crippen LogP contribution in [0.3, 0.4) is 0 Å². The summed E-state index contributed by atoms with van der Waals surface area (Å²) in [6.45, 7) is 19.9. The molecule has 0 amide bonds. The molecule has 0 saturated carbocycles. The monoisotopic (exact) mass is 591 g/mol. The molecule has 1 unspecified atom stereocenters. The second-order valence-corrected chi connectivity index (χ2v) is 12.5. The summed E-state index contributed by atoms with van der Waals surface area (Å²) in [6.07, 6.45) is 13.9. The van der Waals surface area contributed by atoms with Crippen molar-refractivity contribution < 1.29 is 0 Å². The maximum atomic E-state index is 4.92. The Morgan fingerprint density at radius 2 is 1.60 bits per heavy atom. The lowest BCUT2D eigenvalue weighted by molar-refractivity contribution is 0.670. The Bertz CT molecular complexity index is 1340. The third kappa shape index (κ3) is 18.1. The molecular formula is C39H50N3P. The summed E-state index contributed by atoms with van der Waals surface area (Å²) in [7, 11) is -0.148. The number of nitrogens with two attached hydrogens (primary N) is 1. The fourth-order valence-electron chi connectivity index (χ4n) is 3.93. The van der Waals surface area contributed by atoms with Crippen LogP contribution in [0.1, 0.15) is 53.9 Å². The number of benzene rings is 3. The van der Waals surface area contributed by atoms with Crippen molar-refractivity contribution in [2.45, 2.75) is 45.4 Å². The number of nitrogens with one attached hydrogen (secondary N) is 2. The van der Waals surface area contributed by atoms with Gasteiger partial charge in [-0.15, -0.1) is 6.58 Å². The Labute approximate surface area is 263 Å². The predicted molar refractivity (Wildman–Crippen MR) is 193 cm³/mol. The van der Waals surface area contributed by atoms with Crippen LogP contribution >= 0.6 is 7.92 Å². The van der Waals surface area contributed by atoms with Crippen LogP contribution in [-0.4, -0.2) is 13.3 Å². The molecule has 4 N–H and O–H groups in total. The fraction of sp³-hybridized carbons (Fsp3) is 0.231. The Kier molecular flexibility index (Phi) is 20.2. The number of rotatable bonds is 12. The van der Waals surface area contributed by atoms with Crippen LogP contribution in [0, 0.1) is 11.8 Å². The van der Waals surface area contributed by atoms with E-state index >= 15 is 0 Å². The van der Waals surface area contributed by atoms with Crippen LogP contribution in [0.15, 0.2) is 141 Å². The zero-order chi connectivity index (χ0) is 31.7. The first kappa shape index (κ1) is 36.9. The third-order valence-electron chi connectivity index (χ3n) is 5.82. The van der Waals surface area contributed by atoms with Crippen LogP contribution in [0.5, 0.6) is 0 Å². The highest BCUT2D eigenvalue weighted by atomic mass is 31.1. The molecule has 43 heavy (non-hydrogen) atoms. The van der Waals surface area contributed by atoms with Gasteiger partial charge >= 0.3 is 0 Å². The van der Waals surface area contributed by atoms with Crippen molar-refractivity contribution in [1.29, 1.82) is 0 Å². The molecular weight excluding hydrogens is 541 g/mol. The summed E-state index contributed by atoms with van der Waals surface area (Å²) in [5, 5.41) is 6.59. The minimum atomic E-state index is -0.148. The Balaban J connectivity index is 0.000000651. The van der Waals surface area contributed by atoms with E-state index in [-0.39, 0.29) is 7.92 Å². The topological polar surface area (TPSA) is 50.1 Å². The van der Waals surface area contributed by atoms with Crippen molar-refractivity contribution in [3.8, 4) is 11.8 Å². The Morgan fingerprint density at radius 3 is 2.26 bits per heavy atom. The molecule has 0 radical (unpaired) electrons. The highest BCUT2D eigenvalue weighted by Gasteiger charge is 2.15. The normalized spacial score (nSPS) is 10.9. The molecule has 0 aliphatic carbocycles. The lowest BCUT2D eigenvalue weighted by Crippen LogP contribution is -2.19. The van der Waals surface area contributed by atoms with E-state index < -0.39 is 0 Å². The molecule has 0 bridgehead atoms. The summed E-state index contributed by atoms with van der Waals surface area (Å²) in [5.41, 5.74) is 12.0. The second kappa shape index (κ2) is 23.5. The predicted octanol–water partition coefficient (Wildman–Crippen LogP) is 9.22. The first-order chi connectivity index (χ1) is 20.8. The van der Waals surface area contributed by atoms with Gasteiger partial charge in [-0.25, -0.2) is 0 Å². The average Bonchev–Trinajstić information content (AvgIpc) is 2.99. The molecule has 3 aromatic carbocycles. The van der Waals surface area contributed by atoms with E-state index in [4.69, 9.17) is 5.73 Å². The van der Waals surface area contributed by atoms with Crippen LogP contribution in [0.4, 0.5) is 0 Å². The standard InChI is InChI=1S/C29H32NP.C7H11N.C3H7N/c1-4-12-24-17-10-18-25(21-24)13-8-9-14-26-19-11-20-28(22-26)29(31(2)3)30-23-27-15-6-5-7-16-27;1-3-5-6-7-8-4-2;1-3(2)4/h4-7,10-11,15-22,29-30H,1,9,12,14,23H2,2-3H3;3-8H,2H2,1H3;1,4H2,2H3/b;5-3+,7-6+;. The van der Waals surface area contributed by atoms with Crippen LogP contribution in [-0.2, 0) is 19.4 Å². The number of hydrogen-bond acceptors (Lipinski definition) is 3. The second-order valence-electron chi connectivity index (χ2n) is 10.1. The Morgan fingerprint density at radius 1 is 0.930 bits per heavy atom. The van der Waals surface area contributed by atoms with Crippen molar-refractivity contribution in [3.63, 3.8) is 0 Å². The largest absolute Gasteiger partial charge is 0.403 e. The molecule has 3 rings (SSSR count). The lowest BCUT2D eigenvalue weighted by Gasteiger charge is -2.24. The molecule has 0 aromatic heterocycles. The van der Waals surface area contributed by atoms with Gasteiger partial charge in [0.15, 0.2) is 0 Å². The molecule has 226 valence electrons. The molecule has 0 heterocycles. The van der Waals surface area contributed by atoms with E-state index in [0.29, 0.717) is 11.5 Å². The molecule has 0 saturated heterocycles. The van der Waals surface area contributed by atoms with E-state index in [0.717, 1.165) is 31.4 Å². The van der Waals surface area contributed by atoms with Gasteiger partial charge < -0.3 is 16.4 Å². The summed E-state index contributed by atoms with van der Waals surface area (Å²) in [6, 6.07) is 28.1. The molecule has 0 aliphatic rings. The SMILES string of the molecule is C=C(C)N.C=CCc1cccc(C#CCCc2cccc(C(NCc3ccccc3)P(C)C)c2)c1.C=CN/C=C/C=C/C. The third-order valence-corrected chi connectivity index (χ3v) is 7.33. The van der Waals surface area contributed by atoms with Gasteiger partial charge in [0.05, 0.1) is 5.78 Å². The van der Waals surface area contributed by atoms with Gasteiger partial charge in [-0.05, 0) is 92.4 Å². The van der Waals surface area contributed by atoms with E-state index in [2.05, 4.69) is 134 Å². The van der Waals surface area contributed by atoms with Gasteiger partial charge in [0, 0.05) is 24.7 Å². The molecule has 3 nitrogen and oxygen atoms in total. The van der Waals surface area contributed by atoms with Crippen LogP contribution < -0.4 is 16.4 Å². The van der Waals surface area contributed by atoms with Gasteiger partial charge in [0.25, 0.3) is 0 Å². The first-order valence-electron chi connectivity index (χ1n) is 14.6. The molecule has 0 aliphatic heterocycles. The number of allylic oxidation sites excluding steroid dienone is 5. The number of aryl methyl sites for hydroxylation is 1. The summed E-state index contributed by atoms with van der Waals surface area (Å²) < 4.78 is 0. The highest BCUT2D eigenvalue weighted by molar-refractivity contribution is 7.56. The molecule has 4 heteroatoms. The van der Waals surface area contributed by atoms with Gasteiger partial charge in [0.2, 0.25) is 0 Å². The van der Waals surface area contributed by atoms with Crippen molar-refractivity contribution in [3.05, 3.63) is 169 Å². The summed E-state index contributed by atoms with van der Waals surface area (Å²) in [5.74, 6) is 7.06. The molecule has 0 spiro atoms. The maximum Gasteiger partial charge on any atom is 0.0519 e. The van der Waals surface area contributed by atoms with Crippen LogP contribution in [0.2, 0.25) is 0 Å². The van der Waals surface area contributed by atoms with Crippen molar-refractivity contribution in [2.24, 2.45) is 5.73 Å². The lowest BCUT2D eigenvalue weighted by atomic mass is 10.1. The average molecular weight is 592 g/mol. The summed E-state index contributed by atoms with van der Waals surface area (Å²) in [4.78, 5) is 0. The molecule has 1 atom stereocenters. The van der Waals surface area contributed by atoms with Gasteiger partial charge in [-0.3, -0.25) is 0 Å². The first-order valence-corrected chi connectivity index (χ1v) is 16.9. The van der Waals surface area contributed by atoms with Crippen molar-refractivity contribution in [1.82, 2.24) is 10.6 Å². The number of hydrogen-bond donors (Lipinski definition) is 3. The van der Waals surface area contributed by atoms with Gasteiger partial charge in [-0.2, -0.15) is 0 Å². The Hall–Kier alpha value is -4.09. The maximum absolute atomic E-state index is 4.92.